The van der Waals surface area contributed by atoms with Gasteiger partial charge in [-0.2, -0.15) is 0 Å². The molecule has 0 fully saturated rings. The lowest BCUT2D eigenvalue weighted by Crippen LogP contribution is -2.31. The quantitative estimate of drug-likeness (QED) is 0.265. The molecule has 0 aliphatic carbocycles. The second kappa shape index (κ2) is 8.99. The van der Waals surface area contributed by atoms with E-state index in [-0.39, 0.29) is 0 Å². The van der Waals surface area contributed by atoms with Gasteiger partial charge in [0.2, 0.25) is 0 Å². The number of benzene rings is 3. The average molecular weight is 407 g/mol. The van der Waals surface area contributed by atoms with E-state index in [9.17, 15) is 4.79 Å². The molecule has 3 aromatic carbocycles. The molecule has 4 heteroatoms. The zero-order valence-corrected chi connectivity index (χ0v) is 17.0. The van der Waals surface area contributed by atoms with Crippen LogP contribution in [0, 0.1) is 0 Å². The standard InChI is InChI=1S/C24H19ClO2S/c1-3-17-24(23(26)27-2,28-22-12-8-7-11-21(22)25)20-15-13-19(14-16-20)18-9-5-4-6-10-18/h4-17H,1H2,2H3. The van der Waals surface area contributed by atoms with Crippen LogP contribution >= 0.6 is 23.4 Å². The number of carbonyl (C=O) groups is 1. The van der Waals surface area contributed by atoms with Gasteiger partial charge in [0.05, 0.1) is 12.1 Å². The predicted octanol–water partition coefficient (Wildman–Crippen LogP) is 6.51. The van der Waals surface area contributed by atoms with Gasteiger partial charge in [-0.1, -0.05) is 96.7 Å². The van der Waals surface area contributed by atoms with Crippen molar-refractivity contribution in [2.24, 2.45) is 0 Å². The molecule has 0 saturated carbocycles. The number of thioether (sulfide) groups is 1. The third kappa shape index (κ3) is 4.07. The molecule has 0 aromatic heterocycles. The van der Waals surface area contributed by atoms with Crippen molar-refractivity contribution in [2.75, 3.05) is 7.11 Å². The van der Waals surface area contributed by atoms with Gasteiger partial charge in [0.1, 0.15) is 0 Å². The third-order valence-corrected chi connectivity index (χ3v) is 6.18. The van der Waals surface area contributed by atoms with Crippen molar-refractivity contribution in [3.63, 3.8) is 0 Å². The molecule has 1 unspecified atom stereocenters. The Morgan fingerprint density at radius 2 is 1.61 bits per heavy atom. The van der Waals surface area contributed by atoms with Crippen molar-refractivity contribution in [1.82, 2.24) is 0 Å². The number of methoxy groups -OCH3 is 1. The summed E-state index contributed by atoms with van der Waals surface area (Å²) < 4.78 is 4.01. The van der Waals surface area contributed by atoms with Crippen LogP contribution in [0.3, 0.4) is 0 Å². The van der Waals surface area contributed by atoms with Crippen LogP contribution in [-0.2, 0) is 14.3 Å². The van der Waals surface area contributed by atoms with E-state index >= 15 is 0 Å². The van der Waals surface area contributed by atoms with Gasteiger partial charge in [-0.05, 0) is 34.9 Å². The van der Waals surface area contributed by atoms with Crippen molar-refractivity contribution in [3.8, 4) is 11.1 Å². The van der Waals surface area contributed by atoms with Gasteiger partial charge < -0.3 is 4.74 Å². The average Bonchev–Trinajstić information content (AvgIpc) is 2.75. The molecule has 3 rings (SSSR count). The SMILES string of the molecule is C=C=CC(Sc1ccccc1Cl)(C(=O)OC)c1ccc(-c2ccccc2)cc1. The second-order valence-corrected chi connectivity index (χ2v) is 7.75. The number of hydrogen-bond acceptors (Lipinski definition) is 3. The topological polar surface area (TPSA) is 26.3 Å². The molecule has 1 atom stereocenters. The lowest BCUT2D eigenvalue weighted by atomic mass is 9.95. The van der Waals surface area contributed by atoms with Gasteiger partial charge in [-0.3, -0.25) is 0 Å². The minimum absolute atomic E-state index is 0.416. The van der Waals surface area contributed by atoms with Crippen LogP contribution in [0.1, 0.15) is 5.56 Å². The van der Waals surface area contributed by atoms with E-state index in [1.54, 1.807) is 12.1 Å². The number of halogens is 1. The third-order valence-electron chi connectivity index (χ3n) is 4.32. The highest BCUT2D eigenvalue weighted by Crippen LogP contribution is 2.46. The Morgan fingerprint density at radius 1 is 1.00 bits per heavy atom. The summed E-state index contributed by atoms with van der Waals surface area (Å²) in [6, 6.07) is 25.3. The summed E-state index contributed by atoms with van der Waals surface area (Å²) in [5, 5.41) is 0.569. The van der Waals surface area contributed by atoms with Gasteiger partial charge in [0, 0.05) is 4.90 Å². The van der Waals surface area contributed by atoms with E-state index in [0.717, 1.165) is 21.6 Å². The minimum atomic E-state index is -1.14. The predicted molar refractivity (Wildman–Crippen MR) is 117 cm³/mol. The Hall–Kier alpha value is -2.71. The minimum Gasteiger partial charge on any atom is -0.467 e. The molecule has 140 valence electrons. The maximum Gasteiger partial charge on any atom is 0.331 e. The van der Waals surface area contributed by atoms with E-state index in [0.29, 0.717) is 5.02 Å². The Bertz CT molecular complexity index is 1010. The van der Waals surface area contributed by atoms with E-state index in [1.807, 2.05) is 72.8 Å². The van der Waals surface area contributed by atoms with Gasteiger partial charge in [0.25, 0.3) is 0 Å². The maximum atomic E-state index is 12.9. The molecule has 2 nitrogen and oxygen atoms in total. The Morgan fingerprint density at radius 3 is 2.21 bits per heavy atom. The molecule has 0 bridgehead atoms. The Kier molecular flexibility index (Phi) is 6.43. The summed E-state index contributed by atoms with van der Waals surface area (Å²) in [6.07, 6.45) is 1.63. The van der Waals surface area contributed by atoms with Crippen molar-refractivity contribution < 1.29 is 9.53 Å². The smallest absolute Gasteiger partial charge is 0.331 e. The summed E-state index contributed by atoms with van der Waals surface area (Å²) in [7, 11) is 1.37. The first-order chi connectivity index (χ1) is 13.6. The molecular weight excluding hydrogens is 388 g/mol. The van der Waals surface area contributed by atoms with E-state index in [1.165, 1.54) is 18.9 Å². The number of hydrogen-bond donors (Lipinski definition) is 0. The van der Waals surface area contributed by atoms with Gasteiger partial charge in [-0.15, -0.1) is 5.73 Å². The molecule has 0 aliphatic rings. The van der Waals surface area contributed by atoms with Gasteiger partial charge in [0.15, 0.2) is 4.75 Å². The zero-order valence-electron chi connectivity index (χ0n) is 15.4. The molecule has 0 saturated heterocycles. The first-order valence-electron chi connectivity index (χ1n) is 8.65. The molecule has 0 N–H and O–H groups in total. The highest BCUT2D eigenvalue weighted by molar-refractivity contribution is 8.01. The first-order valence-corrected chi connectivity index (χ1v) is 9.85. The fourth-order valence-corrected chi connectivity index (χ4v) is 4.40. The lowest BCUT2D eigenvalue weighted by Gasteiger charge is -2.27. The molecule has 0 amide bonds. The number of rotatable bonds is 6. The normalized spacial score (nSPS) is 12.5. The van der Waals surface area contributed by atoms with Crippen LogP contribution in [0.15, 0.2) is 102 Å². The second-order valence-electron chi connectivity index (χ2n) is 6.05. The summed E-state index contributed by atoms with van der Waals surface area (Å²) in [4.78, 5) is 13.7. The molecule has 0 radical (unpaired) electrons. The number of carbonyl (C=O) groups excluding carboxylic acids is 1. The monoisotopic (exact) mass is 406 g/mol. The van der Waals surface area contributed by atoms with Gasteiger partial charge >= 0.3 is 5.97 Å². The summed E-state index contributed by atoms with van der Waals surface area (Å²) in [6.45, 7) is 3.68. The van der Waals surface area contributed by atoms with E-state index in [4.69, 9.17) is 16.3 Å². The van der Waals surface area contributed by atoms with Crippen LogP contribution in [0.2, 0.25) is 5.02 Å². The Balaban J connectivity index is 2.09. The molecular formula is C24H19ClO2S. The van der Waals surface area contributed by atoms with Crippen LogP contribution in [0.5, 0.6) is 0 Å². The molecule has 0 heterocycles. The fraction of sp³-hybridized carbons (Fsp3) is 0.0833. The van der Waals surface area contributed by atoms with Crippen molar-refractivity contribution in [2.45, 2.75) is 9.64 Å². The van der Waals surface area contributed by atoms with Gasteiger partial charge in [-0.25, -0.2) is 4.79 Å². The highest BCUT2D eigenvalue weighted by Gasteiger charge is 2.41. The van der Waals surface area contributed by atoms with Crippen molar-refractivity contribution in [3.05, 3.63) is 108 Å². The van der Waals surface area contributed by atoms with Crippen molar-refractivity contribution in [1.29, 1.82) is 0 Å². The maximum absolute atomic E-state index is 12.9. The van der Waals surface area contributed by atoms with E-state index < -0.39 is 10.7 Å². The van der Waals surface area contributed by atoms with E-state index in [2.05, 4.69) is 12.3 Å². The van der Waals surface area contributed by atoms with Crippen LogP contribution < -0.4 is 0 Å². The molecule has 0 aliphatic heterocycles. The lowest BCUT2D eigenvalue weighted by molar-refractivity contribution is -0.142. The van der Waals surface area contributed by atoms with Crippen LogP contribution in [0.25, 0.3) is 11.1 Å². The number of ether oxygens (including phenoxy) is 1. The van der Waals surface area contributed by atoms with Crippen molar-refractivity contribution >= 4 is 29.3 Å². The highest BCUT2D eigenvalue weighted by atomic mass is 35.5. The summed E-state index contributed by atoms with van der Waals surface area (Å²) in [5.74, 6) is -0.416. The molecule has 3 aromatic rings. The Labute approximate surface area is 174 Å². The summed E-state index contributed by atoms with van der Waals surface area (Å²) >= 11 is 7.66. The molecule has 0 spiro atoms. The molecule has 28 heavy (non-hydrogen) atoms. The number of esters is 1. The summed E-state index contributed by atoms with van der Waals surface area (Å²) in [5.41, 5.74) is 5.70. The fourth-order valence-electron chi connectivity index (χ4n) is 2.93. The first kappa shape index (κ1) is 20.0. The van der Waals surface area contributed by atoms with Crippen LogP contribution in [0.4, 0.5) is 0 Å². The zero-order chi connectivity index (χ0) is 20.0. The van der Waals surface area contributed by atoms with Crippen LogP contribution in [-0.4, -0.2) is 13.1 Å². The largest absolute Gasteiger partial charge is 0.467 e.